The number of aliphatic hydroxyl groups is 1. The van der Waals surface area contributed by atoms with Gasteiger partial charge in [-0.15, -0.1) is 0 Å². The molecule has 0 aliphatic rings. The van der Waals surface area contributed by atoms with Gasteiger partial charge in [-0.25, -0.2) is 4.79 Å². The number of carbonyl (C=O) groups excluding carboxylic acids is 1. The SMILES string of the molecule is COC(=O)C(O)c1ccccc1COc1ccccc1. The lowest BCUT2D eigenvalue weighted by Crippen LogP contribution is -2.15. The van der Waals surface area contributed by atoms with E-state index in [0.717, 1.165) is 11.3 Å². The standard InChI is InChI=1S/C16H16O4/c1-19-16(18)15(17)14-10-6-5-7-12(14)11-20-13-8-3-2-4-9-13/h2-10,15,17H,11H2,1H3. The summed E-state index contributed by atoms with van der Waals surface area (Å²) in [4.78, 5) is 11.4. The molecule has 0 spiro atoms. The zero-order chi connectivity index (χ0) is 14.4. The van der Waals surface area contributed by atoms with Crippen LogP contribution in [0.4, 0.5) is 0 Å². The summed E-state index contributed by atoms with van der Waals surface area (Å²) in [5.74, 6) is 0.0482. The molecule has 0 fully saturated rings. The van der Waals surface area contributed by atoms with Gasteiger partial charge in [-0.2, -0.15) is 0 Å². The molecule has 0 aliphatic carbocycles. The molecule has 0 aliphatic heterocycles. The van der Waals surface area contributed by atoms with Gasteiger partial charge in [0.15, 0.2) is 6.10 Å². The minimum absolute atomic E-state index is 0.272. The number of esters is 1. The number of para-hydroxylation sites is 1. The third-order valence-corrected chi connectivity index (χ3v) is 2.91. The minimum atomic E-state index is -1.30. The molecule has 4 heteroatoms. The molecule has 0 amide bonds. The average Bonchev–Trinajstić information content (AvgIpc) is 2.52. The summed E-state index contributed by atoms with van der Waals surface area (Å²) in [6.45, 7) is 0.272. The van der Waals surface area contributed by atoms with E-state index in [2.05, 4.69) is 4.74 Å². The Balaban J connectivity index is 2.14. The number of aliphatic hydroxyl groups excluding tert-OH is 1. The summed E-state index contributed by atoms with van der Waals surface area (Å²) < 4.78 is 10.2. The van der Waals surface area contributed by atoms with Gasteiger partial charge >= 0.3 is 5.97 Å². The summed E-state index contributed by atoms with van der Waals surface area (Å²) in [6.07, 6.45) is -1.30. The summed E-state index contributed by atoms with van der Waals surface area (Å²) in [7, 11) is 1.24. The lowest BCUT2D eigenvalue weighted by atomic mass is 10.0. The van der Waals surface area contributed by atoms with Crippen molar-refractivity contribution in [2.24, 2.45) is 0 Å². The van der Waals surface area contributed by atoms with Crippen molar-refractivity contribution in [2.45, 2.75) is 12.7 Å². The van der Waals surface area contributed by atoms with Crippen LogP contribution in [-0.4, -0.2) is 18.2 Å². The molecule has 20 heavy (non-hydrogen) atoms. The lowest BCUT2D eigenvalue weighted by molar-refractivity contribution is -0.150. The van der Waals surface area contributed by atoms with Gasteiger partial charge in [0.1, 0.15) is 12.4 Å². The Hall–Kier alpha value is -2.33. The molecule has 1 N–H and O–H groups in total. The van der Waals surface area contributed by atoms with Crippen molar-refractivity contribution in [3.05, 3.63) is 65.7 Å². The van der Waals surface area contributed by atoms with E-state index in [9.17, 15) is 9.90 Å². The van der Waals surface area contributed by atoms with Gasteiger partial charge in [-0.05, 0) is 23.3 Å². The van der Waals surface area contributed by atoms with Crippen LogP contribution in [0.1, 0.15) is 17.2 Å². The number of carbonyl (C=O) groups is 1. The van der Waals surface area contributed by atoms with Crippen LogP contribution in [0, 0.1) is 0 Å². The largest absolute Gasteiger partial charge is 0.489 e. The molecule has 0 aromatic heterocycles. The first-order valence-electron chi connectivity index (χ1n) is 6.24. The van der Waals surface area contributed by atoms with Gasteiger partial charge in [0.05, 0.1) is 7.11 Å². The second kappa shape index (κ2) is 6.73. The van der Waals surface area contributed by atoms with E-state index in [1.807, 2.05) is 42.5 Å². The first-order valence-corrected chi connectivity index (χ1v) is 6.24. The smallest absolute Gasteiger partial charge is 0.339 e. The summed E-state index contributed by atoms with van der Waals surface area (Å²) in [5, 5.41) is 9.94. The van der Waals surface area contributed by atoms with Gasteiger partial charge in [0, 0.05) is 0 Å². The topological polar surface area (TPSA) is 55.8 Å². The number of ether oxygens (including phenoxy) is 2. The molecule has 1 unspecified atom stereocenters. The van der Waals surface area contributed by atoms with Gasteiger partial charge in [0.2, 0.25) is 0 Å². The second-order valence-corrected chi connectivity index (χ2v) is 4.23. The van der Waals surface area contributed by atoms with E-state index in [1.54, 1.807) is 12.1 Å². The fourth-order valence-corrected chi connectivity index (χ4v) is 1.85. The third-order valence-electron chi connectivity index (χ3n) is 2.91. The Kier molecular flexibility index (Phi) is 4.74. The first kappa shape index (κ1) is 14.1. The lowest BCUT2D eigenvalue weighted by Gasteiger charge is -2.14. The summed E-state index contributed by atoms with van der Waals surface area (Å²) in [5.41, 5.74) is 1.24. The number of hydrogen-bond acceptors (Lipinski definition) is 4. The minimum Gasteiger partial charge on any atom is -0.489 e. The van der Waals surface area contributed by atoms with Crippen molar-refractivity contribution in [2.75, 3.05) is 7.11 Å². The quantitative estimate of drug-likeness (QED) is 0.849. The zero-order valence-corrected chi connectivity index (χ0v) is 11.2. The van der Waals surface area contributed by atoms with Crippen LogP contribution in [0.5, 0.6) is 5.75 Å². The second-order valence-electron chi connectivity index (χ2n) is 4.23. The van der Waals surface area contributed by atoms with Crippen LogP contribution in [0.3, 0.4) is 0 Å². The van der Waals surface area contributed by atoms with E-state index < -0.39 is 12.1 Å². The molecule has 0 saturated heterocycles. The van der Waals surface area contributed by atoms with Crippen molar-refractivity contribution in [3.63, 3.8) is 0 Å². The highest BCUT2D eigenvalue weighted by Gasteiger charge is 2.20. The van der Waals surface area contributed by atoms with Crippen LogP contribution < -0.4 is 4.74 Å². The van der Waals surface area contributed by atoms with Crippen LogP contribution >= 0.6 is 0 Å². The van der Waals surface area contributed by atoms with Gasteiger partial charge < -0.3 is 14.6 Å². The predicted octanol–water partition coefficient (Wildman–Crippen LogP) is 2.47. The van der Waals surface area contributed by atoms with E-state index in [1.165, 1.54) is 7.11 Å². The van der Waals surface area contributed by atoms with Gasteiger partial charge in [-0.3, -0.25) is 0 Å². The van der Waals surface area contributed by atoms with Gasteiger partial charge in [-0.1, -0.05) is 42.5 Å². The molecule has 2 aromatic carbocycles. The van der Waals surface area contributed by atoms with Crippen molar-refractivity contribution in [3.8, 4) is 5.75 Å². The predicted molar refractivity (Wildman–Crippen MR) is 74.2 cm³/mol. The molecule has 0 heterocycles. The van der Waals surface area contributed by atoms with Crippen molar-refractivity contribution in [1.82, 2.24) is 0 Å². The Morgan fingerprint density at radius 1 is 1.10 bits per heavy atom. The normalized spacial score (nSPS) is 11.7. The van der Waals surface area contributed by atoms with Crippen LogP contribution in [0.2, 0.25) is 0 Å². The Bertz CT molecular complexity index is 566. The van der Waals surface area contributed by atoms with E-state index in [0.29, 0.717) is 5.56 Å². The number of methoxy groups -OCH3 is 1. The van der Waals surface area contributed by atoms with Crippen LogP contribution in [-0.2, 0) is 16.1 Å². The molecule has 0 saturated carbocycles. The highest BCUT2D eigenvalue weighted by molar-refractivity contribution is 5.76. The highest BCUT2D eigenvalue weighted by atomic mass is 16.5. The van der Waals surface area contributed by atoms with Gasteiger partial charge in [0.25, 0.3) is 0 Å². The maximum atomic E-state index is 11.4. The molecular weight excluding hydrogens is 256 g/mol. The van der Waals surface area contributed by atoms with Crippen molar-refractivity contribution >= 4 is 5.97 Å². The maximum Gasteiger partial charge on any atom is 0.339 e. The average molecular weight is 272 g/mol. The zero-order valence-electron chi connectivity index (χ0n) is 11.2. The monoisotopic (exact) mass is 272 g/mol. The molecular formula is C16H16O4. The fraction of sp³-hybridized carbons (Fsp3) is 0.188. The summed E-state index contributed by atoms with van der Waals surface area (Å²) >= 11 is 0. The van der Waals surface area contributed by atoms with E-state index in [-0.39, 0.29) is 6.61 Å². The van der Waals surface area contributed by atoms with Crippen LogP contribution in [0.15, 0.2) is 54.6 Å². The fourth-order valence-electron chi connectivity index (χ4n) is 1.85. The Morgan fingerprint density at radius 3 is 2.45 bits per heavy atom. The molecule has 4 nitrogen and oxygen atoms in total. The molecule has 1 atom stereocenters. The number of hydrogen-bond donors (Lipinski definition) is 1. The van der Waals surface area contributed by atoms with Crippen LogP contribution in [0.25, 0.3) is 0 Å². The molecule has 2 aromatic rings. The molecule has 0 bridgehead atoms. The highest BCUT2D eigenvalue weighted by Crippen LogP contribution is 2.21. The summed E-state index contributed by atoms with van der Waals surface area (Å²) in [6, 6.07) is 16.4. The Labute approximate surface area is 117 Å². The Morgan fingerprint density at radius 2 is 1.75 bits per heavy atom. The maximum absolute atomic E-state index is 11.4. The van der Waals surface area contributed by atoms with Crippen molar-refractivity contribution in [1.29, 1.82) is 0 Å². The van der Waals surface area contributed by atoms with Crippen molar-refractivity contribution < 1.29 is 19.4 Å². The van der Waals surface area contributed by atoms with E-state index >= 15 is 0 Å². The molecule has 0 radical (unpaired) electrons. The third kappa shape index (κ3) is 3.36. The number of benzene rings is 2. The number of rotatable bonds is 5. The first-order chi connectivity index (χ1) is 9.72. The molecule has 2 rings (SSSR count). The van der Waals surface area contributed by atoms with E-state index in [4.69, 9.17) is 4.74 Å². The molecule has 104 valence electrons.